The molecule has 0 aliphatic carbocycles. The van der Waals surface area contributed by atoms with Gasteiger partial charge in [0.25, 0.3) is 0 Å². The van der Waals surface area contributed by atoms with Crippen molar-refractivity contribution in [1.29, 1.82) is 0 Å². The van der Waals surface area contributed by atoms with E-state index >= 15 is 0 Å². The first kappa shape index (κ1) is 12.0. The van der Waals surface area contributed by atoms with Crippen LogP contribution in [0.25, 0.3) is 0 Å². The van der Waals surface area contributed by atoms with Crippen LogP contribution in [0.4, 0.5) is 4.39 Å². The standard InChI is InChI=1S/C13H11FO2S/c14-12-6-2-1-5-11(12)13(15)9-16-8-10-4-3-7-17-10/h1-7H,8-9H2. The van der Waals surface area contributed by atoms with E-state index in [1.54, 1.807) is 23.5 Å². The normalized spacial score (nSPS) is 10.4. The van der Waals surface area contributed by atoms with E-state index in [1.807, 2.05) is 17.5 Å². The molecule has 2 nitrogen and oxygen atoms in total. The Hall–Kier alpha value is -1.52. The van der Waals surface area contributed by atoms with E-state index in [0.29, 0.717) is 6.61 Å². The van der Waals surface area contributed by atoms with Crippen LogP contribution >= 0.6 is 11.3 Å². The maximum Gasteiger partial charge on any atom is 0.191 e. The van der Waals surface area contributed by atoms with Crippen molar-refractivity contribution < 1.29 is 13.9 Å². The second kappa shape index (κ2) is 5.70. The second-order valence-corrected chi connectivity index (χ2v) is 4.51. The van der Waals surface area contributed by atoms with Gasteiger partial charge in [0.1, 0.15) is 12.4 Å². The summed E-state index contributed by atoms with van der Waals surface area (Å²) >= 11 is 1.56. The highest BCUT2D eigenvalue weighted by Gasteiger charge is 2.10. The van der Waals surface area contributed by atoms with Gasteiger partial charge in [0.05, 0.1) is 12.2 Å². The fourth-order valence-corrected chi connectivity index (χ4v) is 2.04. The Morgan fingerprint density at radius 2 is 2.06 bits per heavy atom. The third kappa shape index (κ3) is 3.22. The lowest BCUT2D eigenvalue weighted by Gasteiger charge is -2.03. The van der Waals surface area contributed by atoms with Gasteiger partial charge in [-0.25, -0.2) is 4.39 Å². The van der Waals surface area contributed by atoms with Gasteiger partial charge in [-0.2, -0.15) is 0 Å². The van der Waals surface area contributed by atoms with Crippen LogP contribution in [0.3, 0.4) is 0 Å². The first-order valence-electron chi connectivity index (χ1n) is 5.15. The molecule has 2 rings (SSSR count). The van der Waals surface area contributed by atoms with Crippen LogP contribution in [-0.2, 0) is 11.3 Å². The summed E-state index contributed by atoms with van der Waals surface area (Å²) in [6.45, 7) is 0.288. The number of Topliss-reactive ketones (excluding diaryl/α,β-unsaturated/α-hetero) is 1. The second-order valence-electron chi connectivity index (χ2n) is 3.48. The van der Waals surface area contributed by atoms with Gasteiger partial charge in [0, 0.05) is 4.88 Å². The van der Waals surface area contributed by atoms with Crippen LogP contribution in [0.1, 0.15) is 15.2 Å². The predicted octanol–water partition coefficient (Wildman–Crippen LogP) is 3.29. The summed E-state index contributed by atoms with van der Waals surface area (Å²) < 4.78 is 18.5. The number of hydrogen-bond donors (Lipinski definition) is 0. The maximum atomic E-state index is 13.3. The fourth-order valence-electron chi connectivity index (χ4n) is 1.40. The topological polar surface area (TPSA) is 26.3 Å². The van der Waals surface area contributed by atoms with Crippen molar-refractivity contribution in [2.75, 3.05) is 6.61 Å². The molecule has 1 heterocycles. The third-order valence-corrected chi connectivity index (χ3v) is 3.08. The minimum atomic E-state index is -0.503. The molecule has 0 aliphatic heterocycles. The van der Waals surface area contributed by atoms with E-state index < -0.39 is 5.82 Å². The highest BCUT2D eigenvalue weighted by atomic mass is 32.1. The molecule has 0 atom stereocenters. The highest BCUT2D eigenvalue weighted by Crippen LogP contribution is 2.11. The van der Waals surface area contributed by atoms with Crippen molar-refractivity contribution in [3.05, 3.63) is 58.0 Å². The third-order valence-electron chi connectivity index (χ3n) is 2.23. The molecule has 0 amide bonds. The van der Waals surface area contributed by atoms with Crippen molar-refractivity contribution >= 4 is 17.1 Å². The molecule has 1 aromatic heterocycles. The van der Waals surface area contributed by atoms with E-state index in [1.165, 1.54) is 12.1 Å². The van der Waals surface area contributed by atoms with Gasteiger partial charge in [-0.15, -0.1) is 11.3 Å². The molecule has 0 aliphatic rings. The molecule has 0 N–H and O–H groups in total. The predicted molar refractivity (Wildman–Crippen MR) is 64.7 cm³/mol. The average Bonchev–Trinajstić information content (AvgIpc) is 2.82. The summed E-state index contributed by atoms with van der Waals surface area (Å²) in [4.78, 5) is 12.7. The van der Waals surface area contributed by atoms with Crippen LogP contribution in [0.15, 0.2) is 41.8 Å². The number of benzene rings is 1. The monoisotopic (exact) mass is 250 g/mol. The summed E-state index contributed by atoms with van der Waals surface area (Å²) in [5, 5.41) is 1.94. The van der Waals surface area contributed by atoms with Crippen LogP contribution in [-0.4, -0.2) is 12.4 Å². The summed E-state index contributed by atoms with van der Waals surface area (Å²) in [7, 11) is 0. The summed E-state index contributed by atoms with van der Waals surface area (Å²) in [6, 6.07) is 9.77. The number of halogens is 1. The van der Waals surface area contributed by atoms with E-state index in [4.69, 9.17) is 4.74 Å². The SMILES string of the molecule is O=C(COCc1cccs1)c1ccccc1F. The van der Waals surface area contributed by atoms with Gasteiger partial charge in [0.2, 0.25) is 0 Å². The molecule has 0 unspecified atom stereocenters. The molecule has 88 valence electrons. The molecule has 17 heavy (non-hydrogen) atoms. The quantitative estimate of drug-likeness (QED) is 0.761. The number of rotatable bonds is 5. The molecule has 1 aromatic carbocycles. The minimum Gasteiger partial charge on any atom is -0.368 e. The molecular formula is C13H11FO2S. The van der Waals surface area contributed by atoms with Gasteiger partial charge < -0.3 is 4.74 Å². The Morgan fingerprint density at radius 1 is 1.24 bits per heavy atom. The van der Waals surface area contributed by atoms with E-state index in [9.17, 15) is 9.18 Å². The van der Waals surface area contributed by atoms with E-state index in [-0.39, 0.29) is 18.0 Å². The molecule has 0 radical (unpaired) electrons. The smallest absolute Gasteiger partial charge is 0.191 e. The zero-order valence-electron chi connectivity index (χ0n) is 9.06. The lowest BCUT2D eigenvalue weighted by atomic mass is 10.1. The Labute approximate surface area is 103 Å². The molecule has 0 saturated heterocycles. The van der Waals surface area contributed by atoms with Crippen LogP contribution in [0, 0.1) is 5.82 Å². The zero-order chi connectivity index (χ0) is 12.1. The summed E-state index contributed by atoms with van der Waals surface area (Å²) in [5.41, 5.74) is 0.0821. The first-order chi connectivity index (χ1) is 8.27. The molecule has 0 spiro atoms. The Balaban J connectivity index is 1.88. The lowest BCUT2D eigenvalue weighted by molar-refractivity contribution is 0.0727. The van der Waals surface area contributed by atoms with Crippen LogP contribution in [0.2, 0.25) is 0 Å². The number of carbonyl (C=O) groups excluding carboxylic acids is 1. The number of hydrogen-bond acceptors (Lipinski definition) is 3. The minimum absolute atomic E-state index is 0.0821. The molecule has 0 saturated carbocycles. The number of carbonyl (C=O) groups is 1. The van der Waals surface area contributed by atoms with Gasteiger partial charge >= 0.3 is 0 Å². The van der Waals surface area contributed by atoms with Gasteiger partial charge in [-0.1, -0.05) is 18.2 Å². The summed E-state index contributed by atoms with van der Waals surface area (Å²) in [6.07, 6.45) is 0. The van der Waals surface area contributed by atoms with Gasteiger partial charge in [0.15, 0.2) is 5.78 Å². The molecule has 4 heteroatoms. The fraction of sp³-hybridized carbons (Fsp3) is 0.154. The molecule has 0 fully saturated rings. The van der Waals surface area contributed by atoms with Gasteiger partial charge in [-0.3, -0.25) is 4.79 Å². The molecule has 0 bridgehead atoms. The van der Waals surface area contributed by atoms with E-state index in [2.05, 4.69) is 0 Å². The Kier molecular flexibility index (Phi) is 4.01. The number of ether oxygens (including phenoxy) is 1. The van der Waals surface area contributed by atoms with Gasteiger partial charge in [-0.05, 0) is 23.6 Å². The van der Waals surface area contributed by atoms with Crippen molar-refractivity contribution in [2.45, 2.75) is 6.61 Å². The van der Waals surface area contributed by atoms with E-state index in [0.717, 1.165) is 4.88 Å². The molecule has 2 aromatic rings. The first-order valence-corrected chi connectivity index (χ1v) is 6.03. The Morgan fingerprint density at radius 3 is 2.76 bits per heavy atom. The number of ketones is 1. The van der Waals surface area contributed by atoms with Crippen molar-refractivity contribution in [3.8, 4) is 0 Å². The van der Waals surface area contributed by atoms with Crippen molar-refractivity contribution in [1.82, 2.24) is 0 Å². The molecular weight excluding hydrogens is 239 g/mol. The highest BCUT2D eigenvalue weighted by molar-refractivity contribution is 7.09. The average molecular weight is 250 g/mol. The Bertz CT molecular complexity index is 494. The zero-order valence-corrected chi connectivity index (χ0v) is 9.87. The maximum absolute atomic E-state index is 13.3. The lowest BCUT2D eigenvalue weighted by Crippen LogP contribution is -2.10. The summed E-state index contributed by atoms with van der Waals surface area (Å²) in [5.74, 6) is -0.836. The largest absolute Gasteiger partial charge is 0.368 e. The van der Waals surface area contributed by atoms with Crippen molar-refractivity contribution in [2.24, 2.45) is 0 Å². The van der Waals surface area contributed by atoms with Crippen LogP contribution in [0.5, 0.6) is 0 Å². The van der Waals surface area contributed by atoms with Crippen molar-refractivity contribution in [3.63, 3.8) is 0 Å². The number of thiophene rings is 1. The van der Waals surface area contributed by atoms with Crippen LogP contribution < -0.4 is 0 Å².